The highest BCUT2D eigenvalue weighted by molar-refractivity contribution is 9.09. The van der Waals surface area contributed by atoms with Crippen molar-refractivity contribution in [2.45, 2.75) is 50.3 Å². The topological polar surface area (TPSA) is 17.8 Å². The maximum absolute atomic E-state index is 4.52. The van der Waals surface area contributed by atoms with Crippen LogP contribution in [0.3, 0.4) is 0 Å². The second kappa shape index (κ2) is 5.35. The molecule has 0 spiro atoms. The van der Waals surface area contributed by atoms with Crippen LogP contribution in [0.2, 0.25) is 0 Å². The number of halogens is 1. The summed E-state index contributed by atoms with van der Waals surface area (Å²) in [5.41, 5.74) is 2.63. The lowest BCUT2D eigenvalue weighted by molar-refractivity contribution is 0.361. The van der Waals surface area contributed by atoms with Gasteiger partial charge in [-0.25, -0.2) is 0 Å². The molecule has 2 unspecified atom stereocenters. The van der Waals surface area contributed by atoms with Crippen LogP contribution in [-0.2, 0) is 19.9 Å². The molecule has 0 N–H and O–H groups in total. The molecule has 3 heteroatoms. The normalized spacial score (nSPS) is 25.9. The summed E-state index contributed by atoms with van der Waals surface area (Å²) in [5, 5.41) is 4.52. The first kappa shape index (κ1) is 12.2. The SMILES string of the molecule is CCc1cc(CC2CCCC(Br)C2)n(C)n1. The van der Waals surface area contributed by atoms with E-state index >= 15 is 0 Å². The van der Waals surface area contributed by atoms with Gasteiger partial charge >= 0.3 is 0 Å². The molecule has 0 aliphatic heterocycles. The molecule has 0 amide bonds. The summed E-state index contributed by atoms with van der Waals surface area (Å²) in [6.45, 7) is 2.17. The van der Waals surface area contributed by atoms with Crippen molar-refractivity contribution in [1.29, 1.82) is 0 Å². The van der Waals surface area contributed by atoms with E-state index < -0.39 is 0 Å². The number of aryl methyl sites for hydroxylation is 2. The summed E-state index contributed by atoms with van der Waals surface area (Å²) in [5.74, 6) is 0.846. The summed E-state index contributed by atoms with van der Waals surface area (Å²) in [4.78, 5) is 0.741. The Bertz CT molecular complexity index is 346. The molecular weight excluding hydrogens is 264 g/mol. The van der Waals surface area contributed by atoms with Crippen LogP contribution in [0.25, 0.3) is 0 Å². The molecule has 90 valence electrons. The van der Waals surface area contributed by atoms with Gasteiger partial charge in [0.1, 0.15) is 0 Å². The highest BCUT2D eigenvalue weighted by atomic mass is 79.9. The van der Waals surface area contributed by atoms with Gasteiger partial charge in [0.25, 0.3) is 0 Å². The zero-order valence-corrected chi connectivity index (χ0v) is 11.8. The molecule has 0 bridgehead atoms. The third-order valence-electron chi connectivity index (χ3n) is 3.61. The predicted molar refractivity (Wildman–Crippen MR) is 71.0 cm³/mol. The van der Waals surface area contributed by atoms with Crippen LogP contribution in [0, 0.1) is 5.92 Å². The van der Waals surface area contributed by atoms with Gasteiger partial charge in [-0.2, -0.15) is 5.10 Å². The molecular formula is C13H21BrN2. The minimum absolute atomic E-state index is 0.741. The van der Waals surface area contributed by atoms with Gasteiger partial charge < -0.3 is 0 Å². The quantitative estimate of drug-likeness (QED) is 0.777. The summed E-state index contributed by atoms with van der Waals surface area (Å²) in [6.07, 6.45) is 7.67. The van der Waals surface area contributed by atoms with Gasteiger partial charge in [0.2, 0.25) is 0 Å². The maximum atomic E-state index is 4.52. The summed E-state index contributed by atoms with van der Waals surface area (Å²) < 4.78 is 2.07. The zero-order chi connectivity index (χ0) is 11.5. The molecule has 0 saturated heterocycles. The van der Waals surface area contributed by atoms with Crippen molar-refractivity contribution < 1.29 is 0 Å². The third kappa shape index (κ3) is 2.88. The number of hydrogen-bond acceptors (Lipinski definition) is 1. The maximum Gasteiger partial charge on any atom is 0.0624 e. The number of alkyl halides is 1. The highest BCUT2D eigenvalue weighted by Crippen LogP contribution is 2.31. The first-order valence-electron chi connectivity index (χ1n) is 6.35. The first-order valence-corrected chi connectivity index (χ1v) is 7.26. The van der Waals surface area contributed by atoms with Crippen LogP contribution in [0.4, 0.5) is 0 Å². The molecule has 1 heterocycles. The third-order valence-corrected chi connectivity index (χ3v) is 4.44. The van der Waals surface area contributed by atoms with Crippen LogP contribution in [0.5, 0.6) is 0 Å². The van der Waals surface area contributed by atoms with E-state index in [1.165, 1.54) is 43.5 Å². The Labute approximate surface area is 107 Å². The molecule has 1 fully saturated rings. The van der Waals surface area contributed by atoms with Crippen molar-refractivity contribution in [1.82, 2.24) is 9.78 Å². The van der Waals surface area contributed by atoms with Crippen molar-refractivity contribution in [3.8, 4) is 0 Å². The summed E-state index contributed by atoms with van der Waals surface area (Å²) in [6, 6.07) is 2.28. The first-order chi connectivity index (χ1) is 7.69. The molecule has 16 heavy (non-hydrogen) atoms. The lowest BCUT2D eigenvalue weighted by Gasteiger charge is -2.25. The Morgan fingerprint density at radius 3 is 2.94 bits per heavy atom. The van der Waals surface area contributed by atoms with E-state index in [1.54, 1.807) is 0 Å². The molecule has 2 nitrogen and oxygen atoms in total. The molecule has 0 radical (unpaired) electrons. The molecule has 1 aromatic heterocycles. The van der Waals surface area contributed by atoms with Gasteiger partial charge in [-0.1, -0.05) is 29.3 Å². The average molecular weight is 285 g/mol. The van der Waals surface area contributed by atoms with Crippen LogP contribution in [0.15, 0.2) is 6.07 Å². The fourth-order valence-corrected chi connectivity index (χ4v) is 3.49. The van der Waals surface area contributed by atoms with Crippen molar-refractivity contribution >= 4 is 15.9 Å². The van der Waals surface area contributed by atoms with Crippen LogP contribution >= 0.6 is 15.9 Å². The Morgan fingerprint density at radius 1 is 1.50 bits per heavy atom. The average Bonchev–Trinajstić information content (AvgIpc) is 2.60. The Balaban J connectivity index is 1.99. The van der Waals surface area contributed by atoms with Crippen molar-refractivity contribution in [3.05, 3.63) is 17.5 Å². The number of hydrogen-bond donors (Lipinski definition) is 0. The van der Waals surface area contributed by atoms with Crippen molar-refractivity contribution in [2.75, 3.05) is 0 Å². The van der Waals surface area contributed by atoms with Gasteiger partial charge in [0.05, 0.1) is 5.69 Å². The van der Waals surface area contributed by atoms with E-state index in [9.17, 15) is 0 Å². The van der Waals surface area contributed by atoms with E-state index in [2.05, 4.69) is 45.7 Å². The largest absolute Gasteiger partial charge is 0.272 e. The highest BCUT2D eigenvalue weighted by Gasteiger charge is 2.21. The van der Waals surface area contributed by atoms with Gasteiger partial charge in [0.15, 0.2) is 0 Å². The van der Waals surface area contributed by atoms with Gasteiger partial charge in [-0.3, -0.25) is 4.68 Å². The second-order valence-electron chi connectivity index (χ2n) is 4.94. The van der Waals surface area contributed by atoms with E-state index in [1.807, 2.05) is 0 Å². The monoisotopic (exact) mass is 284 g/mol. The second-order valence-corrected chi connectivity index (χ2v) is 6.23. The van der Waals surface area contributed by atoms with Gasteiger partial charge in [-0.05, 0) is 44.1 Å². The summed E-state index contributed by atoms with van der Waals surface area (Å²) >= 11 is 3.76. The Hall–Kier alpha value is -0.310. The van der Waals surface area contributed by atoms with Crippen LogP contribution in [0.1, 0.15) is 44.0 Å². The molecule has 1 saturated carbocycles. The lowest BCUT2D eigenvalue weighted by Crippen LogP contribution is -2.18. The molecule has 0 aromatic carbocycles. The number of nitrogens with zero attached hydrogens (tertiary/aromatic N) is 2. The standard InChI is InChI=1S/C13H21BrN2/c1-3-12-9-13(16(2)15-12)8-10-5-4-6-11(14)7-10/h9-11H,3-8H2,1-2H3. The van der Waals surface area contributed by atoms with Crippen LogP contribution < -0.4 is 0 Å². The molecule has 2 atom stereocenters. The minimum atomic E-state index is 0.741. The molecule has 1 aliphatic carbocycles. The van der Waals surface area contributed by atoms with Crippen LogP contribution in [-0.4, -0.2) is 14.6 Å². The molecule has 2 rings (SSSR count). The van der Waals surface area contributed by atoms with Crippen molar-refractivity contribution in [3.63, 3.8) is 0 Å². The molecule has 1 aromatic rings. The van der Waals surface area contributed by atoms with E-state index in [0.29, 0.717) is 0 Å². The molecule has 1 aliphatic rings. The minimum Gasteiger partial charge on any atom is -0.272 e. The Kier molecular flexibility index (Phi) is 4.06. The van der Waals surface area contributed by atoms with E-state index in [4.69, 9.17) is 0 Å². The fourth-order valence-electron chi connectivity index (χ4n) is 2.64. The smallest absolute Gasteiger partial charge is 0.0624 e. The van der Waals surface area contributed by atoms with Gasteiger partial charge in [0, 0.05) is 17.6 Å². The predicted octanol–water partition coefficient (Wildman–Crippen LogP) is 3.48. The van der Waals surface area contributed by atoms with E-state index in [-0.39, 0.29) is 0 Å². The zero-order valence-electron chi connectivity index (χ0n) is 10.2. The van der Waals surface area contributed by atoms with E-state index in [0.717, 1.165) is 17.2 Å². The number of rotatable bonds is 3. The lowest BCUT2D eigenvalue weighted by atomic mass is 9.86. The van der Waals surface area contributed by atoms with Gasteiger partial charge in [-0.15, -0.1) is 0 Å². The van der Waals surface area contributed by atoms with Crippen molar-refractivity contribution in [2.24, 2.45) is 13.0 Å². The fraction of sp³-hybridized carbons (Fsp3) is 0.769. The summed E-state index contributed by atoms with van der Waals surface area (Å²) in [7, 11) is 2.07. The Morgan fingerprint density at radius 2 is 2.31 bits per heavy atom. The number of aromatic nitrogens is 2.